The van der Waals surface area contributed by atoms with Crippen molar-refractivity contribution in [2.75, 3.05) is 20.6 Å². The van der Waals surface area contributed by atoms with Crippen molar-refractivity contribution in [1.82, 2.24) is 14.6 Å². The lowest BCUT2D eigenvalue weighted by atomic mass is 10.1. The molecule has 98 valence electrons. The maximum absolute atomic E-state index is 12.1. The van der Waals surface area contributed by atoms with Gasteiger partial charge in [-0.05, 0) is 34.9 Å². The topological polar surface area (TPSA) is 102 Å². The first-order valence-corrected chi connectivity index (χ1v) is 6.79. The number of nitrogens with two attached hydrogens (primary N) is 1. The predicted molar refractivity (Wildman–Crippen MR) is 65.4 cm³/mol. The summed E-state index contributed by atoms with van der Waals surface area (Å²) in [6.45, 7) is 0.446. The standard InChI is InChI=1S/C10H14N4O3S/c1-14(2)18(15,16)8-4-3-7(5-6-11)9-10(8)13-17-12-9/h3-4H,5-6,11H2,1-2H3. The van der Waals surface area contributed by atoms with Gasteiger partial charge in [-0.1, -0.05) is 6.07 Å². The normalized spacial score (nSPS) is 12.4. The van der Waals surface area contributed by atoms with Crippen LogP contribution in [0.1, 0.15) is 5.56 Å². The Morgan fingerprint density at radius 2 is 1.94 bits per heavy atom. The zero-order valence-electron chi connectivity index (χ0n) is 10.1. The van der Waals surface area contributed by atoms with Gasteiger partial charge in [0.05, 0.1) is 0 Å². The summed E-state index contributed by atoms with van der Waals surface area (Å²) in [4.78, 5) is 0.0875. The van der Waals surface area contributed by atoms with Crippen LogP contribution in [0.3, 0.4) is 0 Å². The first kappa shape index (κ1) is 12.9. The highest BCUT2D eigenvalue weighted by Crippen LogP contribution is 2.25. The lowest BCUT2D eigenvalue weighted by Crippen LogP contribution is -2.22. The summed E-state index contributed by atoms with van der Waals surface area (Å²) in [5.74, 6) is 0. The van der Waals surface area contributed by atoms with Gasteiger partial charge < -0.3 is 5.73 Å². The second-order valence-corrected chi connectivity index (χ2v) is 6.13. The van der Waals surface area contributed by atoms with E-state index < -0.39 is 10.0 Å². The van der Waals surface area contributed by atoms with Crippen LogP contribution in [-0.2, 0) is 16.4 Å². The quantitative estimate of drug-likeness (QED) is 0.837. The monoisotopic (exact) mass is 270 g/mol. The smallest absolute Gasteiger partial charge is 0.244 e. The highest BCUT2D eigenvalue weighted by Gasteiger charge is 2.24. The van der Waals surface area contributed by atoms with Crippen molar-refractivity contribution in [2.24, 2.45) is 5.73 Å². The van der Waals surface area contributed by atoms with E-state index in [4.69, 9.17) is 5.73 Å². The fraction of sp³-hybridized carbons (Fsp3) is 0.400. The Labute approximate surface area is 105 Å². The van der Waals surface area contributed by atoms with E-state index >= 15 is 0 Å². The molecule has 1 heterocycles. The molecule has 0 bridgehead atoms. The third-order valence-electron chi connectivity index (χ3n) is 2.63. The molecule has 1 aromatic heterocycles. The van der Waals surface area contributed by atoms with E-state index in [1.165, 1.54) is 20.2 Å². The maximum atomic E-state index is 12.1. The van der Waals surface area contributed by atoms with Crippen molar-refractivity contribution in [3.63, 3.8) is 0 Å². The Kier molecular flexibility index (Phi) is 3.33. The molecule has 0 aliphatic rings. The van der Waals surface area contributed by atoms with Crippen molar-refractivity contribution in [3.8, 4) is 0 Å². The average Bonchev–Trinajstić information content (AvgIpc) is 2.78. The first-order valence-electron chi connectivity index (χ1n) is 5.35. The molecule has 2 aromatic rings. The summed E-state index contributed by atoms with van der Waals surface area (Å²) in [7, 11) is -0.644. The van der Waals surface area contributed by atoms with Crippen molar-refractivity contribution in [1.29, 1.82) is 0 Å². The lowest BCUT2D eigenvalue weighted by Gasteiger charge is -2.11. The Bertz CT molecular complexity index is 663. The molecular weight excluding hydrogens is 256 g/mol. The zero-order chi connectivity index (χ0) is 13.3. The van der Waals surface area contributed by atoms with Gasteiger partial charge in [0, 0.05) is 14.1 Å². The number of rotatable bonds is 4. The van der Waals surface area contributed by atoms with Crippen LogP contribution in [0.4, 0.5) is 0 Å². The molecule has 0 aliphatic carbocycles. The van der Waals surface area contributed by atoms with E-state index in [1.807, 2.05) is 0 Å². The Hall–Kier alpha value is -1.51. The fourth-order valence-electron chi connectivity index (χ4n) is 1.66. The Morgan fingerprint density at radius 3 is 2.56 bits per heavy atom. The SMILES string of the molecule is CN(C)S(=O)(=O)c1ccc(CCN)c2nonc12. The summed E-state index contributed by atoms with van der Waals surface area (Å²) in [5, 5.41) is 7.42. The van der Waals surface area contributed by atoms with Gasteiger partial charge in [0.2, 0.25) is 10.0 Å². The average molecular weight is 270 g/mol. The van der Waals surface area contributed by atoms with Gasteiger partial charge in [-0.3, -0.25) is 0 Å². The molecule has 2 rings (SSSR count). The molecule has 1 aromatic carbocycles. The highest BCUT2D eigenvalue weighted by molar-refractivity contribution is 7.89. The second-order valence-electron chi connectivity index (χ2n) is 4.01. The summed E-state index contributed by atoms with van der Waals surface area (Å²) in [6.07, 6.45) is 0.590. The molecule has 0 fully saturated rings. The van der Waals surface area contributed by atoms with Crippen LogP contribution in [0.15, 0.2) is 21.7 Å². The Morgan fingerprint density at radius 1 is 1.28 bits per heavy atom. The number of aromatic nitrogens is 2. The summed E-state index contributed by atoms with van der Waals surface area (Å²) in [5.41, 5.74) is 7.01. The van der Waals surface area contributed by atoms with Gasteiger partial charge in [-0.25, -0.2) is 17.4 Å². The van der Waals surface area contributed by atoms with E-state index in [0.717, 1.165) is 9.87 Å². The van der Waals surface area contributed by atoms with Crippen molar-refractivity contribution >= 4 is 21.1 Å². The number of fused-ring (bicyclic) bond motifs is 1. The molecule has 0 atom stereocenters. The van der Waals surface area contributed by atoms with Crippen molar-refractivity contribution in [2.45, 2.75) is 11.3 Å². The highest BCUT2D eigenvalue weighted by atomic mass is 32.2. The number of hydrogen-bond donors (Lipinski definition) is 1. The van der Waals surface area contributed by atoms with E-state index in [2.05, 4.69) is 14.9 Å². The lowest BCUT2D eigenvalue weighted by molar-refractivity contribution is 0.315. The minimum atomic E-state index is -3.57. The number of sulfonamides is 1. The van der Waals surface area contributed by atoms with E-state index in [9.17, 15) is 8.42 Å². The molecular formula is C10H14N4O3S. The van der Waals surface area contributed by atoms with E-state index in [-0.39, 0.29) is 10.4 Å². The van der Waals surface area contributed by atoms with Crippen LogP contribution in [0.5, 0.6) is 0 Å². The molecule has 0 aliphatic heterocycles. The molecule has 0 radical (unpaired) electrons. The fourth-order valence-corrected chi connectivity index (χ4v) is 2.67. The van der Waals surface area contributed by atoms with Gasteiger partial charge in [0.1, 0.15) is 10.4 Å². The van der Waals surface area contributed by atoms with Gasteiger partial charge in [0.25, 0.3) is 0 Å². The van der Waals surface area contributed by atoms with Crippen LogP contribution in [-0.4, -0.2) is 43.7 Å². The maximum Gasteiger partial charge on any atom is 0.244 e. The van der Waals surface area contributed by atoms with Gasteiger partial charge >= 0.3 is 0 Å². The molecule has 0 saturated heterocycles. The molecule has 0 saturated carbocycles. The van der Waals surface area contributed by atoms with E-state index in [0.29, 0.717) is 18.5 Å². The van der Waals surface area contributed by atoms with Crippen LogP contribution < -0.4 is 5.73 Å². The number of benzene rings is 1. The molecule has 2 N–H and O–H groups in total. The predicted octanol–water partition coefficient (Wildman–Crippen LogP) is -0.0257. The van der Waals surface area contributed by atoms with Gasteiger partial charge in [0.15, 0.2) is 5.52 Å². The molecule has 0 spiro atoms. The number of nitrogens with zero attached hydrogens (tertiary/aromatic N) is 3. The molecule has 0 unspecified atom stereocenters. The van der Waals surface area contributed by atoms with Crippen LogP contribution >= 0.6 is 0 Å². The largest absolute Gasteiger partial charge is 0.330 e. The summed E-state index contributed by atoms with van der Waals surface area (Å²) in [6, 6.07) is 3.20. The first-order chi connectivity index (χ1) is 8.48. The van der Waals surface area contributed by atoms with Crippen LogP contribution in [0, 0.1) is 0 Å². The van der Waals surface area contributed by atoms with Gasteiger partial charge in [-0.2, -0.15) is 0 Å². The minimum Gasteiger partial charge on any atom is -0.330 e. The third-order valence-corrected chi connectivity index (χ3v) is 4.48. The minimum absolute atomic E-state index is 0.0875. The molecule has 18 heavy (non-hydrogen) atoms. The van der Waals surface area contributed by atoms with E-state index in [1.54, 1.807) is 6.07 Å². The molecule has 7 nitrogen and oxygen atoms in total. The summed E-state index contributed by atoms with van der Waals surface area (Å²) < 4.78 is 30.0. The number of hydrogen-bond acceptors (Lipinski definition) is 6. The Balaban J connectivity index is 2.69. The van der Waals surface area contributed by atoms with Crippen molar-refractivity contribution in [3.05, 3.63) is 17.7 Å². The van der Waals surface area contributed by atoms with Gasteiger partial charge in [-0.15, -0.1) is 0 Å². The van der Waals surface area contributed by atoms with Crippen molar-refractivity contribution < 1.29 is 13.0 Å². The van der Waals surface area contributed by atoms with Crippen LogP contribution in [0.25, 0.3) is 11.0 Å². The second kappa shape index (κ2) is 4.63. The summed E-state index contributed by atoms with van der Waals surface area (Å²) >= 11 is 0. The molecule has 0 amide bonds. The molecule has 8 heteroatoms. The third kappa shape index (κ3) is 1.98. The van der Waals surface area contributed by atoms with Crippen LogP contribution in [0.2, 0.25) is 0 Å². The zero-order valence-corrected chi connectivity index (χ0v) is 10.9.